The van der Waals surface area contributed by atoms with Gasteiger partial charge in [0.1, 0.15) is 16.8 Å². The van der Waals surface area contributed by atoms with Crippen molar-refractivity contribution in [2.45, 2.75) is 59.3 Å². The van der Waals surface area contributed by atoms with Crippen LogP contribution in [0.3, 0.4) is 0 Å². The second-order valence-corrected chi connectivity index (χ2v) is 6.52. The lowest BCUT2D eigenvalue weighted by molar-refractivity contribution is 0.543. The Labute approximate surface area is 122 Å². The molecule has 0 aromatic carbocycles. The molecule has 0 unspecified atom stereocenters. The highest BCUT2D eigenvalue weighted by Crippen LogP contribution is 2.27. The van der Waals surface area contributed by atoms with Crippen LogP contribution in [0.1, 0.15) is 58.3 Å². The van der Waals surface area contributed by atoms with Gasteiger partial charge in [0.25, 0.3) is 0 Å². The van der Waals surface area contributed by atoms with Crippen LogP contribution in [0.5, 0.6) is 0 Å². The molecule has 1 heterocycles. The van der Waals surface area contributed by atoms with E-state index in [1.807, 2.05) is 6.92 Å². The van der Waals surface area contributed by atoms with E-state index in [0.29, 0.717) is 5.15 Å². The van der Waals surface area contributed by atoms with Gasteiger partial charge in [-0.3, -0.25) is 0 Å². The maximum atomic E-state index is 6.25. The van der Waals surface area contributed by atoms with Crippen molar-refractivity contribution in [2.24, 2.45) is 0 Å². The summed E-state index contributed by atoms with van der Waals surface area (Å²) in [5.74, 6) is 1.77. The van der Waals surface area contributed by atoms with E-state index in [0.717, 1.165) is 23.8 Å². The fourth-order valence-electron chi connectivity index (χ4n) is 1.89. The Kier molecular flexibility index (Phi) is 5.60. The molecule has 108 valence electrons. The normalized spacial score (nSPS) is 11.7. The summed E-state index contributed by atoms with van der Waals surface area (Å²) in [6.45, 7) is 11.5. The number of hydrogen-bond acceptors (Lipinski definition) is 3. The maximum absolute atomic E-state index is 6.25. The number of halogens is 1. The van der Waals surface area contributed by atoms with Crippen molar-refractivity contribution in [1.29, 1.82) is 0 Å². The fourth-order valence-corrected chi connectivity index (χ4v) is 2.05. The van der Waals surface area contributed by atoms with E-state index < -0.39 is 0 Å². The van der Waals surface area contributed by atoms with Gasteiger partial charge in [-0.2, -0.15) is 0 Å². The summed E-state index contributed by atoms with van der Waals surface area (Å²) in [5, 5.41) is 0.567. The Balaban J connectivity index is 3.02. The number of nitrogens with zero attached hydrogens (tertiary/aromatic N) is 3. The summed E-state index contributed by atoms with van der Waals surface area (Å²) >= 11 is 6.25. The van der Waals surface area contributed by atoms with Gasteiger partial charge in [-0.05, 0) is 13.3 Å². The van der Waals surface area contributed by atoms with E-state index in [2.05, 4.69) is 44.6 Å². The standard InChI is InChI=1S/C15H26ClN3/c1-7-8-9-10-19(6)13-11(2)12(16)17-14(18-13)15(3,4)5/h7-10H2,1-6H3. The molecule has 0 N–H and O–H groups in total. The van der Waals surface area contributed by atoms with E-state index in [9.17, 15) is 0 Å². The SMILES string of the molecule is CCCCCN(C)c1nc(C(C)(C)C)nc(Cl)c1C. The van der Waals surface area contributed by atoms with E-state index >= 15 is 0 Å². The molecule has 0 aliphatic carbocycles. The van der Waals surface area contributed by atoms with Crippen molar-refractivity contribution < 1.29 is 0 Å². The van der Waals surface area contributed by atoms with Gasteiger partial charge in [-0.15, -0.1) is 0 Å². The molecule has 0 aliphatic rings. The molecule has 0 radical (unpaired) electrons. The Hall–Kier alpha value is -0.830. The second-order valence-electron chi connectivity index (χ2n) is 6.17. The molecule has 1 aromatic heterocycles. The predicted molar refractivity (Wildman–Crippen MR) is 83.3 cm³/mol. The quantitative estimate of drug-likeness (QED) is 0.594. The van der Waals surface area contributed by atoms with Gasteiger partial charge < -0.3 is 4.90 Å². The molecule has 19 heavy (non-hydrogen) atoms. The molecular weight excluding hydrogens is 258 g/mol. The van der Waals surface area contributed by atoms with Crippen LogP contribution in [0.15, 0.2) is 0 Å². The summed E-state index contributed by atoms with van der Waals surface area (Å²) < 4.78 is 0. The fraction of sp³-hybridized carbons (Fsp3) is 0.733. The average Bonchev–Trinajstić information content (AvgIpc) is 2.31. The van der Waals surface area contributed by atoms with Crippen LogP contribution in [-0.4, -0.2) is 23.6 Å². The smallest absolute Gasteiger partial charge is 0.137 e. The molecule has 0 bridgehead atoms. The third kappa shape index (κ3) is 4.34. The van der Waals surface area contributed by atoms with Crippen molar-refractivity contribution in [3.63, 3.8) is 0 Å². The molecule has 4 heteroatoms. The van der Waals surface area contributed by atoms with Gasteiger partial charge in [0.05, 0.1) is 0 Å². The molecule has 1 aromatic rings. The highest BCUT2D eigenvalue weighted by atomic mass is 35.5. The lowest BCUT2D eigenvalue weighted by Gasteiger charge is -2.24. The Bertz CT molecular complexity index is 424. The van der Waals surface area contributed by atoms with Crippen LogP contribution in [-0.2, 0) is 5.41 Å². The third-order valence-electron chi connectivity index (χ3n) is 3.19. The lowest BCUT2D eigenvalue weighted by Crippen LogP contribution is -2.24. The monoisotopic (exact) mass is 283 g/mol. The second kappa shape index (κ2) is 6.56. The first-order valence-electron chi connectivity index (χ1n) is 7.03. The first-order valence-corrected chi connectivity index (χ1v) is 7.41. The van der Waals surface area contributed by atoms with E-state index in [1.165, 1.54) is 19.3 Å². The number of unbranched alkanes of at least 4 members (excludes halogenated alkanes) is 2. The van der Waals surface area contributed by atoms with Gasteiger partial charge in [-0.1, -0.05) is 52.1 Å². The van der Waals surface area contributed by atoms with Crippen molar-refractivity contribution in [3.05, 3.63) is 16.5 Å². The number of rotatable bonds is 5. The number of hydrogen-bond donors (Lipinski definition) is 0. The molecular formula is C15H26ClN3. The predicted octanol–water partition coefficient (Wildman–Crippen LogP) is 4.36. The first kappa shape index (κ1) is 16.2. The minimum atomic E-state index is -0.0870. The van der Waals surface area contributed by atoms with Crippen LogP contribution >= 0.6 is 11.6 Å². The Morgan fingerprint density at radius 2 is 1.79 bits per heavy atom. The van der Waals surface area contributed by atoms with Crippen LogP contribution in [0, 0.1) is 6.92 Å². The third-order valence-corrected chi connectivity index (χ3v) is 3.56. The topological polar surface area (TPSA) is 29.0 Å². The lowest BCUT2D eigenvalue weighted by atomic mass is 9.95. The van der Waals surface area contributed by atoms with E-state index in [4.69, 9.17) is 16.6 Å². The molecule has 0 fully saturated rings. The van der Waals surface area contributed by atoms with Gasteiger partial charge in [0, 0.05) is 24.6 Å². The zero-order valence-electron chi connectivity index (χ0n) is 13.0. The van der Waals surface area contributed by atoms with E-state index in [1.54, 1.807) is 0 Å². The summed E-state index contributed by atoms with van der Waals surface area (Å²) in [7, 11) is 2.08. The molecule has 3 nitrogen and oxygen atoms in total. The molecule has 0 amide bonds. The minimum absolute atomic E-state index is 0.0870. The van der Waals surface area contributed by atoms with Gasteiger partial charge >= 0.3 is 0 Å². The molecule has 0 spiro atoms. The summed E-state index contributed by atoms with van der Waals surface area (Å²) in [6.07, 6.45) is 3.65. The van der Waals surface area contributed by atoms with Crippen LogP contribution in [0.25, 0.3) is 0 Å². The van der Waals surface area contributed by atoms with Gasteiger partial charge in [-0.25, -0.2) is 9.97 Å². The first-order chi connectivity index (χ1) is 8.77. The Morgan fingerprint density at radius 3 is 2.32 bits per heavy atom. The van der Waals surface area contributed by atoms with Gasteiger partial charge in [0.2, 0.25) is 0 Å². The molecule has 0 atom stereocenters. The molecule has 0 saturated carbocycles. The zero-order valence-corrected chi connectivity index (χ0v) is 13.8. The van der Waals surface area contributed by atoms with Crippen LogP contribution < -0.4 is 4.90 Å². The Morgan fingerprint density at radius 1 is 1.16 bits per heavy atom. The number of aromatic nitrogens is 2. The minimum Gasteiger partial charge on any atom is -0.359 e. The summed E-state index contributed by atoms with van der Waals surface area (Å²) in [4.78, 5) is 11.3. The highest BCUT2D eigenvalue weighted by molar-refractivity contribution is 6.30. The average molecular weight is 284 g/mol. The maximum Gasteiger partial charge on any atom is 0.137 e. The van der Waals surface area contributed by atoms with Crippen molar-refractivity contribution >= 4 is 17.4 Å². The molecule has 0 saturated heterocycles. The number of anilines is 1. The largest absolute Gasteiger partial charge is 0.359 e. The van der Waals surface area contributed by atoms with Crippen LogP contribution in [0.2, 0.25) is 5.15 Å². The van der Waals surface area contributed by atoms with Crippen LogP contribution in [0.4, 0.5) is 5.82 Å². The van der Waals surface area contributed by atoms with E-state index in [-0.39, 0.29) is 5.41 Å². The molecule has 0 aliphatic heterocycles. The zero-order chi connectivity index (χ0) is 14.6. The summed E-state index contributed by atoms with van der Waals surface area (Å²) in [5.41, 5.74) is 0.879. The van der Waals surface area contributed by atoms with Gasteiger partial charge in [0.15, 0.2) is 0 Å². The summed E-state index contributed by atoms with van der Waals surface area (Å²) in [6, 6.07) is 0. The van der Waals surface area contributed by atoms with Crippen molar-refractivity contribution in [2.75, 3.05) is 18.5 Å². The van der Waals surface area contributed by atoms with Crippen molar-refractivity contribution in [1.82, 2.24) is 9.97 Å². The highest BCUT2D eigenvalue weighted by Gasteiger charge is 2.21. The van der Waals surface area contributed by atoms with Crippen molar-refractivity contribution in [3.8, 4) is 0 Å². The molecule has 1 rings (SSSR count).